The number of phosphoric ester groups is 1. The van der Waals surface area contributed by atoms with E-state index >= 15 is 0 Å². The number of quaternary nitrogens is 1. The van der Waals surface area contributed by atoms with Gasteiger partial charge in [-0.05, 0) is 115 Å². The number of hydrogen-bond acceptors (Lipinski definition) is 7. The number of ether oxygens (including phenoxy) is 1. The Morgan fingerprint density at radius 1 is 0.414 bits per heavy atom. The van der Waals surface area contributed by atoms with E-state index in [2.05, 4.69) is 123 Å². The first-order valence-corrected chi connectivity index (χ1v) is 37.7. The highest BCUT2D eigenvalue weighted by atomic mass is 31.2. The van der Waals surface area contributed by atoms with Crippen molar-refractivity contribution in [2.75, 3.05) is 40.9 Å². The fourth-order valence-electron chi connectivity index (χ4n) is 10.1. The van der Waals surface area contributed by atoms with Crippen LogP contribution >= 0.6 is 7.82 Å². The third kappa shape index (κ3) is 66.9. The number of carbonyl (C=O) groups excluding carboxylic acids is 2. The molecule has 0 aliphatic carbocycles. The average Bonchev–Trinajstić information content (AvgIpc) is 3.69. The smallest absolute Gasteiger partial charge is 0.306 e. The van der Waals surface area contributed by atoms with Gasteiger partial charge in [0.1, 0.15) is 19.3 Å². The van der Waals surface area contributed by atoms with Crippen molar-refractivity contribution in [3.8, 4) is 0 Å². The van der Waals surface area contributed by atoms with E-state index in [1.807, 2.05) is 33.3 Å². The molecule has 0 fully saturated rings. The zero-order valence-corrected chi connectivity index (χ0v) is 58.3. The number of hydrogen-bond donors (Lipinski definition) is 1. The third-order valence-corrected chi connectivity index (χ3v) is 16.7. The number of carbonyl (C=O) groups is 2. The Morgan fingerprint density at radius 2 is 0.736 bits per heavy atom. The predicted molar refractivity (Wildman–Crippen MR) is 376 cm³/mol. The molecule has 0 heterocycles. The Kier molecular flexibility index (Phi) is 63.1. The largest absolute Gasteiger partial charge is 0.756 e. The molecule has 0 saturated heterocycles. The summed E-state index contributed by atoms with van der Waals surface area (Å²) in [6.45, 7) is 6.71. The van der Waals surface area contributed by atoms with Crippen LogP contribution < -0.4 is 10.2 Å². The molecule has 0 aliphatic rings. The Labute approximate surface area is 538 Å². The molecule has 0 radical (unpaired) electrons. The van der Waals surface area contributed by atoms with Crippen LogP contribution in [0.25, 0.3) is 0 Å². The summed E-state index contributed by atoms with van der Waals surface area (Å²) in [7, 11) is 1.16. The topological polar surface area (TPSA) is 114 Å². The molecular formula is C77H137N2O7P. The Bertz CT molecular complexity index is 1860. The molecule has 1 amide bonds. The van der Waals surface area contributed by atoms with Gasteiger partial charge in [0.05, 0.1) is 33.8 Å². The maximum Gasteiger partial charge on any atom is 0.306 e. The number of phosphoric acid groups is 1. The van der Waals surface area contributed by atoms with Crippen LogP contribution in [0.5, 0.6) is 0 Å². The molecule has 9 nitrogen and oxygen atoms in total. The van der Waals surface area contributed by atoms with Crippen molar-refractivity contribution < 1.29 is 37.3 Å². The zero-order valence-electron chi connectivity index (χ0n) is 57.4. The highest BCUT2D eigenvalue weighted by molar-refractivity contribution is 7.45. The lowest BCUT2D eigenvalue weighted by molar-refractivity contribution is -0.870. The van der Waals surface area contributed by atoms with Gasteiger partial charge in [-0.1, -0.05) is 297 Å². The minimum atomic E-state index is -4.72. The highest BCUT2D eigenvalue weighted by Gasteiger charge is 2.27. The summed E-state index contributed by atoms with van der Waals surface area (Å²) in [5, 5.41) is 3.03. The van der Waals surface area contributed by atoms with Gasteiger partial charge in [-0.15, -0.1) is 0 Å². The minimum Gasteiger partial charge on any atom is -0.756 e. The van der Waals surface area contributed by atoms with Crippen molar-refractivity contribution in [2.24, 2.45) is 0 Å². The molecular weight excluding hydrogens is 1100 g/mol. The summed E-state index contributed by atoms with van der Waals surface area (Å²) in [4.78, 5) is 40.2. The molecule has 0 spiro atoms. The molecule has 0 aromatic rings. The van der Waals surface area contributed by atoms with Gasteiger partial charge in [0.25, 0.3) is 7.82 Å². The summed E-state index contributed by atoms with van der Waals surface area (Å²) >= 11 is 0. The molecule has 3 atom stereocenters. The normalized spacial score (nSPS) is 14.1. The standard InChI is InChI=1S/C77H137N2O7P/c1-7-10-13-16-19-22-25-28-30-32-34-36-37-38-39-40-41-43-45-47-49-52-55-58-61-64-67-70-77(81)86-75(68-65-62-59-56-53-50-27-24-21-18-15-12-9-3)74(73-85-87(82,83)84-72-71-79(4,5)6)78-76(80)69-66-63-60-57-54-51-48-46-44-42-35-33-31-29-26-23-20-17-14-11-8-2/h11,14,19-20,22-23,28-31,34-36,42,46,48,65,68,74-75H,7-10,12-13,15-18,21,24-27,32-33,37-41,43-45,47,49-64,66-67,69-73H2,1-6H3,(H-,78,80,82,83)/b14-11-,22-19-,23-20-,30-28-,31-29-,36-34-,42-35-,48-46-,68-65-. The maximum absolute atomic E-state index is 13.6. The molecule has 87 heavy (non-hydrogen) atoms. The first kappa shape index (κ1) is 83.7. The Morgan fingerprint density at radius 3 is 1.13 bits per heavy atom. The lowest BCUT2D eigenvalue weighted by atomic mass is 10.0. The summed E-state index contributed by atoms with van der Waals surface area (Å²) in [5.41, 5.74) is 0. The second kappa shape index (κ2) is 65.6. The van der Waals surface area contributed by atoms with Crippen LogP contribution in [0, 0.1) is 0 Å². The van der Waals surface area contributed by atoms with Crippen molar-refractivity contribution in [1.29, 1.82) is 0 Å². The number of rotatable bonds is 65. The van der Waals surface area contributed by atoms with Gasteiger partial charge in [0.15, 0.2) is 0 Å². The first-order chi connectivity index (χ1) is 42.4. The van der Waals surface area contributed by atoms with Crippen molar-refractivity contribution in [3.63, 3.8) is 0 Å². The van der Waals surface area contributed by atoms with Crippen LogP contribution in [0.2, 0.25) is 0 Å². The van der Waals surface area contributed by atoms with Crippen LogP contribution in [-0.2, 0) is 27.9 Å². The second-order valence-electron chi connectivity index (χ2n) is 25.4. The number of amides is 1. The van der Waals surface area contributed by atoms with Crippen LogP contribution in [0.4, 0.5) is 0 Å². The van der Waals surface area contributed by atoms with E-state index in [9.17, 15) is 19.0 Å². The summed E-state index contributed by atoms with van der Waals surface area (Å²) in [6.07, 6.45) is 90.7. The van der Waals surface area contributed by atoms with E-state index in [0.29, 0.717) is 23.9 Å². The number of allylic oxidation sites excluding steroid dienone is 17. The van der Waals surface area contributed by atoms with E-state index in [1.165, 1.54) is 161 Å². The molecule has 0 aromatic carbocycles. The van der Waals surface area contributed by atoms with Gasteiger partial charge in [-0.2, -0.15) is 0 Å². The predicted octanol–water partition coefficient (Wildman–Crippen LogP) is 22.6. The maximum atomic E-state index is 13.6. The number of esters is 1. The van der Waals surface area contributed by atoms with Crippen LogP contribution in [0.1, 0.15) is 316 Å². The Balaban J connectivity index is 5.10. The lowest BCUT2D eigenvalue weighted by Crippen LogP contribution is -2.47. The SMILES string of the molecule is CC/C=C\C/C=C\C/C=C\C/C=C\C/C=C\CCCCCCCC(=O)NC(COP(=O)([O-])OCC[N+](C)(C)C)C(/C=C\CCCCCCCCCCCCC)OC(=O)CCCCCCCCCCCCCCCC/C=C\C/C=C\C/C=C\CCCCC. The van der Waals surface area contributed by atoms with Crippen molar-refractivity contribution >= 4 is 19.7 Å². The number of nitrogens with one attached hydrogen (secondary N) is 1. The molecule has 10 heteroatoms. The quantitative estimate of drug-likeness (QED) is 0.0212. The summed E-state index contributed by atoms with van der Waals surface area (Å²) in [6, 6.07) is -0.906. The molecule has 1 N–H and O–H groups in total. The number of nitrogens with zero attached hydrogens (tertiary/aromatic N) is 1. The van der Waals surface area contributed by atoms with Gasteiger partial charge in [-0.25, -0.2) is 0 Å². The lowest BCUT2D eigenvalue weighted by Gasteiger charge is -2.30. The summed E-state index contributed by atoms with van der Waals surface area (Å²) in [5.74, 6) is -0.560. The average molecular weight is 1230 g/mol. The molecule has 0 saturated carbocycles. The van der Waals surface area contributed by atoms with Crippen molar-refractivity contribution in [3.05, 3.63) is 109 Å². The molecule has 502 valence electrons. The third-order valence-electron chi connectivity index (χ3n) is 15.7. The fourth-order valence-corrected chi connectivity index (χ4v) is 10.9. The van der Waals surface area contributed by atoms with Gasteiger partial charge in [0, 0.05) is 12.8 Å². The zero-order chi connectivity index (χ0) is 63.5. The molecule has 0 bridgehead atoms. The van der Waals surface area contributed by atoms with Crippen molar-refractivity contribution in [1.82, 2.24) is 5.32 Å². The van der Waals surface area contributed by atoms with E-state index in [-0.39, 0.29) is 24.9 Å². The molecule has 0 aliphatic heterocycles. The minimum absolute atomic E-state index is 0.0308. The number of unbranched alkanes of at least 4 members (excludes halogenated alkanes) is 33. The number of likely N-dealkylation sites (N-methyl/N-ethyl adjacent to an activating group) is 1. The van der Waals surface area contributed by atoms with E-state index < -0.39 is 26.6 Å². The van der Waals surface area contributed by atoms with Crippen molar-refractivity contribution in [2.45, 2.75) is 328 Å². The van der Waals surface area contributed by atoms with E-state index in [1.54, 1.807) is 0 Å². The van der Waals surface area contributed by atoms with Gasteiger partial charge in [-0.3, -0.25) is 14.2 Å². The molecule has 0 aromatic heterocycles. The van der Waals surface area contributed by atoms with E-state index in [4.69, 9.17) is 13.8 Å². The first-order valence-electron chi connectivity index (χ1n) is 36.2. The monoisotopic (exact) mass is 1230 g/mol. The van der Waals surface area contributed by atoms with E-state index in [0.717, 1.165) is 116 Å². The van der Waals surface area contributed by atoms with Gasteiger partial charge < -0.3 is 28.5 Å². The van der Waals surface area contributed by atoms with Gasteiger partial charge >= 0.3 is 5.97 Å². The fraction of sp³-hybridized carbons (Fsp3) is 0.740. The highest BCUT2D eigenvalue weighted by Crippen LogP contribution is 2.38. The van der Waals surface area contributed by atoms with Gasteiger partial charge in [0.2, 0.25) is 5.91 Å². The molecule has 0 rings (SSSR count). The molecule has 3 unspecified atom stereocenters. The van der Waals surface area contributed by atoms with Crippen LogP contribution in [0.3, 0.4) is 0 Å². The summed E-state index contributed by atoms with van der Waals surface area (Å²) < 4.78 is 30.5. The Hall–Kier alpha value is -3.33. The second-order valence-corrected chi connectivity index (χ2v) is 26.8. The van der Waals surface area contributed by atoms with Crippen LogP contribution in [-0.4, -0.2) is 69.4 Å². The van der Waals surface area contributed by atoms with Crippen LogP contribution in [0.15, 0.2) is 109 Å².